The lowest BCUT2D eigenvalue weighted by atomic mass is 10.1. The van der Waals surface area contributed by atoms with Crippen LogP contribution in [0.4, 0.5) is 13.2 Å². The molecule has 0 aromatic heterocycles. The van der Waals surface area contributed by atoms with Gasteiger partial charge >= 0.3 is 11.9 Å². The molecule has 1 aromatic rings. The van der Waals surface area contributed by atoms with Gasteiger partial charge in [0.25, 0.3) is 0 Å². The number of carboxylic acids is 2. The molecule has 5 nitrogen and oxygen atoms in total. The summed E-state index contributed by atoms with van der Waals surface area (Å²) < 4.78 is 49.1. The minimum Gasteiger partial charge on any atom is -0.478 e. The van der Waals surface area contributed by atoms with E-state index in [2.05, 4.69) is 0 Å². The van der Waals surface area contributed by atoms with Gasteiger partial charge in [0.1, 0.15) is 14.7 Å². The van der Waals surface area contributed by atoms with E-state index in [9.17, 15) is 25.8 Å². The molecule has 17 heavy (non-hydrogen) atoms. The highest BCUT2D eigenvalue weighted by Crippen LogP contribution is 2.28. The van der Waals surface area contributed by atoms with E-state index < -0.39 is 65.3 Å². The Morgan fingerprint density at radius 3 is 1.71 bits per heavy atom. The van der Waals surface area contributed by atoms with Gasteiger partial charge in [-0.1, -0.05) is 0 Å². The molecule has 0 saturated carbocycles. The fourth-order valence-corrected chi connectivity index (χ4v) is 2.20. The molecule has 1 aromatic carbocycles. The SMILES string of the molecule is O=Ic1c(F)c(F)c(C(=O)O)c(F)c1C(=O)O. The highest BCUT2D eigenvalue weighted by atomic mass is 127. The Morgan fingerprint density at radius 1 is 0.882 bits per heavy atom. The number of aromatic carboxylic acids is 2. The Balaban J connectivity index is 3.88. The summed E-state index contributed by atoms with van der Waals surface area (Å²) in [5, 5.41) is 17.0. The Hall–Kier alpha value is -1.52. The average molecular weight is 362 g/mol. The van der Waals surface area contributed by atoms with Crippen LogP contribution >= 0.6 is 21.2 Å². The fourth-order valence-electron chi connectivity index (χ4n) is 1.08. The van der Waals surface area contributed by atoms with Gasteiger partial charge in [-0.05, 0) is 0 Å². The predicted molar refractivity (Wildman–Crippen MR) is 53.6 cm³/mol. The van der Waals surface area contributed by atoms with Crippen LogP contribution in [0.2, 0.25) is 0 Å². The van der Waals surface area contributed by atoms with E-state index in [0.717, 1.165) is 0 Å². The van der Waals surface area contributed by atoms with Crippen molar-refractivity contribution < 1.29 is 36.0 Å². The molecule has 2 N–H and O–H groups in total. The van der Waals surface area contributed by atoms with Gasteiger partial charge in [-0.3, -0.25) is 3.07 Å². The number of benzene rings is 1. The molecule has 0 atom stereocenters. The summed E-state index contributed by atoms with van der Waals surface area (Å²) in [6.07, 6.45) is 0. The molecule has 1 rings (SSSR count). The first kappa shape index (κ1) is 13.5. The highest BCUT2D eigenvalue weighted by molar-refractivity contribution is 14.1. The molecule has 92 valence electrons. The minimum atomic E-state index is -2.51. The van der Waals surface area contributed by atoms with Crippen LogP contribution in [-0.4, -0.2) is 22.2 Å². The second-order valence-electron chi connectivity index (χ2n) is 2.69. The topological polar surface area (TPSA) is 91.7 Å². The second kappa shape index (κ2) is 4.77. The van der Waals surface area contributed by atoms with Crippen molar-refractivity contribution in [3.63, 3.8) is 0 Å². The predicted octanol–water partition coefficient (Wildman–Crippen LogP) is 1.99. The zero-order chi connectivity index (χ0) is 13.3. The van der Waals surface area contributed by atoms with Crippen molar-refractivity contribution >= 4 is 33.1 Å². The Bertz CT molecular complexity index is 543. The third kappa shape index (κ3) is 2.14. The van der Waals surface area contributed by atoms with E-state index in [-0.39, 0.29) is 0 Å². The molecule has 0 heterocycles. The van der Waals surface area contributed by atoms with Gasteiger partial charge in [0.2, 0.25) is 0 Å². The van der Waals surface area contributed by atoms with Crippen LogP contribution in [0.5, 0.6) is 0 Å². The molecule has 0 bridgehead atoms. The molecule has 0 aliphatic carbocycles. The molecule has 0 aliphatic rings. The largest absolute Gasteiger partial charge is 0.478 e. The Morgan fingerprint density at radius 2 is 1.35 bits per heavy atom. The van der Waals surface area contributed by atoms with E-state index in [1.54, 1.807) is 0 Å². The van der Waals surface area contributed by atoms with Crippen LogP contribution in [0.25, 0.3) is 0 Å². The van der Waals surface area contributed by atoms with Crippen molar-refractivity contribution in [3.05, 3.63) is 32.1 Å². The van der Waals surface area contributed by atoms with E-state index in [4.69, 9.17) is 10.2 Å². The number of rotatable bonds is 3. The van der Waals surface area contributed by atoms with E-state index in [1.165, 1.54) is 0 Å². The van der Waals surface area contributed by atoms with Crippen molar-refractivity contribution in [2.75, 3.05) is 0 Å². The molecular weight excluding hydrogens is 360 g/mol. The molecule has 0 amide bonds. The highest BCUT2D eigenvalue weighted by Gasteiger charge is 2.32. The summed E-state index contributed by atoms with van der Waals surface area (Å²) >= 11 is -2.51. The van der Waals surface area contributed by atoms with Crippen LogP contribution < -0.4 is 0 Å². The summed E-state index contributed by atoms with van der Waals surface area (Å²) in [5.74, 6) is -10.1. The molecular formula is C8H2F3IO5. The van der Waals surface area contributed by atoms with Crippen LogP contribution in [0.15, 0.2) is 0 Å². The lowest BCUT2D eigenvalue weighted by Crippen LogP contribution is -2.16. The van der Waals surface area contributed by atoms with Gasteiger partial charge in [0, 0.05) is 0 Å². The monoisotopic (exact) mass is 362 g/mol. The van der Waals surface area contributed by atoms with Gasteiger partial charge in [0.05, 0.1) is 0 Å². The van der Waals surface area contributed by atoms with Crippen LogP contribution in [0.1, 0.15) is 20.7 Å². The number of halogens is 4. The molecule has 0 aliphatic heterocycles. The Labute approximate surface area is 102 Å². The van der Waals surface area contributed by atoms with Gasteiger partial charge in [-0.25, -0.2) is 22.8 Å². The average Bonchev–Trinajstić information content (AvgIpc) is 2.21. The fraction of sp³-hybridized carbons (Fsp3) is 0. The first-order valence-corrected chi connectivity index (χ1v) is 5.73. The first-order valence-electron chi connectivity index (χ1n) is 3.77. The maximum Gasteiger partial charge on any atom is 0.341 e. The van der Waals surface area contributed by atoms with Crippen LogP contribution in [0, 0.1) is 21.0 Å². The maximum absolute atomic E-state index is 13.4. The number of carboxylic acid groups (broad SMARTS) is 2. The van der Waals surface area contributed by atoms with Gasteiger partial charge < -0.3 is 10.2 Å². The summed E-state index contributed by atoms with van der Waals surface area (Å²) in [6, 6.07) is 0. The zero-order valence-electron chi connectivity index (χ0n) is 7.63. The normalized spacial score (nSPS) is 10.3. The number of hydrogen-bond acceptors (Lipinski definition) is 3. The minimum absolute atomic E-state index is 1.14. The van der Waals surface area contributed by atoms with E-state index in [1.807, 2.05) is 0 Å². The Kier molecular flexibility index (Phi) is 3.80. The molecule has 0 unspecified atom stereocenters. The van der Waals surface area contributed by atoms with Crippen molar-refractivity contribution in [1.82, 2.24) is 0 Å². The lowest BCUT2D eigenvalue weighted by molar-refractivity contribution is 0.0680. The van der Waals surface area contributed by atoms with Crippen LogP contribution in [-0.2, 0) is 3.07 Å². The summed E-state index contributed by atoms with van der Waals surface area (Å²) in [5.41, 5.74) is -3.13. The van der Waals surface area contributed by atoms with Crippen molar-refractivity contribution in [3.8, 4) is 0 Å². The third-order valence-corrected chi connectivity index (χ3v) is 3.22. The number of hydrogen-bond donors (Lipinski definition) is 2. The van der Waals surface area contributed by atoms with Crippen LogP contribution in [0.3, 0.4) is 0 Å². The lowest BCUT2D eigenvalue weighted by Gasteiger charge is -2.07. The van der Waals surface area contributed by atoms with Gasteiger partial charge in [-0.2, -0.15) is 0 Å². The van der Waals surface area contributed by atoms with Crippen molar-refractivity contribution in [2.24, 2.45) is 0 Å². The summed E-state index contributed by atoms with van der Waals surface area (Å²) in [7, 11) is 0. The van der Waals surface area contributed by atoms with E-state index in [0.29, 0.717) is 0 Å². The smallest absolute Gasteiger partial charge is 0.341 e. The summed E-state index contributed by atoms with van der Waals surface area (Å²) in [4.78, 5) is 21.1. The van der Waals surface area contributed by atoms with Crippen molar-refractivity contribution in [1.29, 1.82) is 0 Å². The molecule has 0 fully saturated rings. The standard InChI is InChI=1S/C8H2F3IO5/c9-3-1(7(13)14)4(10)5(11)6(12-17)2(3)8(15)16/h(H,13,14)(H,15,16). The first-order chi connectivity index (χ1) is 7.82. The van der Waals surface area contributed by atoms with Crippen molar-refractivity contribution in [2.45, 2.75) is 0 Å². The molecule has 0 spiro atoms. The van der Waals surface area contributed by atoms with Gasteiger partial charge in [-0.15, -0.1) is 0 Å². The molecule has 0 radical (unpaired) electrons. The quantitative estimate of drug-likeness (QED) is 0.488. The second-order valence-corrected chi connectivity index (χ2v) is 4.21. The molecule has 0 saturated heterocycles. The summed E-state index contributed by atoms with van der Waals surface area (Å²) in [6.45, 7) is 0. The zero-order valence-corrected chi connectivity index (χ0v) is 9.79. The third-order valence-electron chi connectivity index (χ3n) is 1.77. The number of carbonyl (C=O) groups is 2. The maximum atomic E-state index is 13.4. The van der Waals surface area contributed by atoms with E-state index >= 15 is 0 Å². The van der Waals surface area contributed by atoms with Gasteiger partial charge in [0.15, 0.2) is 38.6 Å². The molecule has 9 heteroatoms.